The number of Topliss-reactive ketones (excluding diaryl/α,β-unsaturated/α-hetero) is 1. The summed E-state index contributed by atoms with van der Waals surface area (Å²) in [6, 6.07) is 14.4. The molecule has 0 unspecified atom stereocenters. The largest absolute Gasteiger partial charge is 0.325 e. The second-order valence-electron chi connectivity index (χ2n) is 8.42. The summed E-state index contributed by atoms with van der Waals surface area (Å²) < 4.78 is 0. The summed E-state index contributed by atoms with van der Waals surface area (Å²) in [6.07, 6.45) is 1.02. The number of carbonyl (C=O) groups excluding carboxylic acids is 3. The molecule has 28 heavy (non-hydrogen) atoms. The monoisotopic (exact) mass is 378 g/mol. The van der Waals surface area contributed by atoms with E-state index < -0.39 is 5.41 Å². The van der Waals surface area contributed by atoms with Crippen LogP contribution in [0.4, 0.5) is 11.4 Å². The van der Waals surface area contributed by atoms with Crippen LogP contribution < -0.4 is 10.6 Å². The van der Waals surface area contributed by atoms with Gasteiger partial charge in [-0.15, -0.1) is 0 Å². The van der Waals surface area contributed by atoms with E-state index in [1.807, 2.05) is 24.3 Å². The van der Waals surface area contributed by atoms with Gasteiger partial charge in [-0.25, -0.2) is 0 Å². The lowest BCUT2D eigenvalue weighted by molar-refractivity contribution is -0.131. The summed E-state index contributed by atoms with van der Waals surface area (Å²) in [5.74, 6) is -0.697. The van der Waals surface area contributed by atoms with Gasteiger partial charge in [0.2, 0.25) is 11.8 Å². The quantitative estimate of drug-likeness (QED) is 0.592. The molecule has 1 fully saturated rings. The smallest absolute Gasteiger partial charge is 0.240 e. The molecule has 0 heterocycles. The number of carbonyl (C=O) groups is 3. The first-order valence-electron chi connectivity index (χ1n) is 9.47. The molecule has 1 aliphatic carbocycles. The number of hydrogen-bond acceptors (Lipinski definition) is 3. The fourth-order valence-electron chi connectivity index (χ4n) is 3.24. The van der Waals surface area contributed by atoms with Gasteiger partial charge in [0.05, 0.1) is 0 Å². The number of benzene rings is 2. The van der Waals surface area contributed by atoms with Gasteiger partial charge in [-0.1, -0.05) is 51.1 Å². The molecule has 0 atom stereocenters. The van der Waals surface area contributed by atoms with E-state index in [1.54, 1.807) is 24.3 Å². The summed E-state index contributed by atoms with van der Waals surface area (Å²) in [6.45, 7) is 7.72. The molecule has 2 amide bonds. The number of nitrogens with one attached hydrogen (secondary N) is 2. The van der Waals surface area contributed by atoms with Gasteiger partial charge in [-0.05, 0) is 48.9 Å². The topological polar surface area (TPSA) is 75.3 Å². The molecule has 2 aromatic rings. The van der Waals surface area contributed by atoms with Crippen LogP contribution in [0.15, 0.2) is 48.5 Å². The highest BCUT2D eigenvalue weighted by Crippen LogP contribution is 2.48. The number of anilines is 2. The van der Waals surface area contributed by atoms with Gasteiger partial charge in [0.1, 0.15) is 5.41 Å². The maximum Gasteiger partial charge on any atom is 0.240 e. The SMILES string of the molecule is CC(=O)c1cccc(NC(=O)C2(C(=O)Nc3ccccc3C(C)(C)C)CC2)c1. The lowest BCUT2D eigenvalue weighted by Crippen LogP contribution is -2.36. The zero-order valence-electron chi connectivity index (χ0n) is 16.8. The van der Waals surface area contributed by atoms with E-state index in [9.17, 15) is 14.4 Å². The lowest BCUT2D eigenvalue weighted by atomic mass is 9.85. The van der Waals surface area contributed by atoms with Crippen LogP contribution in [0.5, 0.6) is 0 Å². The Hall–Kier alpha value is -2.95. The Morgan fingerprint density at radius 3 is 2.14 bits per heavy atom. The number of hydrogen-bond donors (Lipinski definition) is 2. The number of amides is 2. The van der Waals surface area contributed by atoms with Gasteiger partial charge < -0.3 is 10.6 Å². The van der Waals surface area contributed by atoms with E-state index in [0.29, 0.717) is 24.1 Å². The molecule has 1 saturated carbocycles. The van der Waals surface area contributed by atoms with Crippen LogP contribution in [0.1, 0.15) is 56.5 Å². The first-order valence-corrected chi connectivity index (χ1v) is 9.47. The molecule has 0 saturated heterocycles. The van der Waals surface area contributed by atoms with E-state index in [2.05, 4.69) is 31.4 Å². The summed E-state index contributed by atoms with van der Waals surface area (Å²) in [5, 5.41) is 5.76. The molecule has 3 rings (SSSR count). The maximum absolute atomic E-state index is 13.0. The Morgan fingerprint density at radius 2 is 1.54 bits per heavy atom. The zero-order chi connectivity index (χ0) is 20.5. The van der Waals surface area contributed by atoms with Crippen molar-refractivity contribution >= 4 is 29.0 Å². The van der Waals surface area contributed by atoms with Crippen molar-refractivity contribution in [2.24, 2.45) is 5.41 Å². The molecule has 2 N–H and O–H groups in total. The van der Waals surface area contributed by atoms with E-state index in [-0.39, 0.29) is 23.0 Å². The average molecular weight is 378 g/mol. The van der Waals surface area contributed by atoms with E-state index in [0.717, 1.165) is 11.3 Å². The third-order valence-corrected chi connectivity index (χ3v) is 5.13. The second kappa shape index (κ2) is 7.23. The van der Waals surface area contributed by atoms with Gasteiger partial charge in [0, 0.05) is 16.9 Å². The van der Waals surface area contributed by atoms with Crippen molar-refractivity contribution in [3.05, 3.63) is 59.7 Å². The molecule has 146 valence electrons. The molecule has 0 spiro atoms. The Morgan fingerprint density at radius 1 is 0.893 bits per heavy atom. The fourth-order valence-corrected chi connectivity index (χ4v) is 3.24. The third kappa shape index (κ3) is 3.98. The van der Waals surface area contributed by atoms with Gasteiger partial charge in [-0.2, -0.15) is 0 Å². The average Bonchev–Trinajstić information content (AvgIpc) is 3.43. The van der Waals surface area contributed by atoms with Gasteiger partial charge in [-0.3, -0.25) is 14.4 Å². The second-order valence-corrected chi connectivity index (χ2v) is 8.42. The van der Waals surface area contributed by atoms with Crippen molar-refractivity contribution in [3.63, 3.8) is 0 Å². The van der Waals surface area contributed by atoms with Crippen LogP contribution in [0.25, 0.3) is 0 Å². The van der Waals surface area contributed by atoms with Crippen LogP contribution >= 0.6 is 0 Å². The summed E-state index contributed by atoms with van der Waals surface area (Å²) in [5.41, 5.74) is 1.61. The van der Waals surface area contributed by atoms with Crippen LogP contribution in [-0.4, -0.2) is 17.6 Å². The minimum atomic E-state index is -1.06. The number of rotatable bonds is 5. The summed E-state index contributed by atoms with van der Waals surface area (Å²) >= 11 is 0. The molecule has 5 nitrogen and oxygen atoms in total. The molecule has 0 aromatic heterocycles. The molecule has 0 radical (unpaired) electrons. The van der Waals surface area contributed by atoms with Crippen molar-refractivity contribution in [2.75, 3.05) is 10.6 Å². The van der Waals surface area contributed by atoms with Crippen molar-refractivity contribution in [1.29, 1.82) is 0 Å². The minimum absolute atomic E-state index is 0.0752. The van der Waals surface area contributed by atoms with Crippen molar-refractivity contribution in [3.8, 4) is 0 Å². The van der Waals surface area contributed by atoms with Crippen LogP contribution in [0, 0.1) is 5.41 Å². The molecular formula is C23H26N2O3. The predicted octanol–water partition coefficient (Wildman–Crippen LogP) is 4.54. The maximum atomic E-state index is 13.0. The first-order chi connectivity index (χ1) is 13.1. The molecule has 0 bridgehead atoms. The summed E-state index contributed by atoms with van der Waals surface area (Å²) in [4.78, 5) is 37.3. The van der Waals surface area contributed by atoms with Gasteiger partial charge in [0.25, 0.3) is 0 Å². The van der Waals surface area contributed by atoms with E-state index >= 15 is 0 Å². The fraction of sp³-hybridized carbons (Fsp3) is 0.348. The number of para-hydroxylation sites is 1. The first kappa shape index (κ1) is 19.8. The lowest BCUT2D eigenvalue weighted by Gasteiger charge is -2.24. The summed E-state index contributed by atoms with van der Waals surface area (Å²) in [7, 11) is 0. The number of ketones is 1. The molecular weight excluding hydrogens is 352 g/mol. The highest BCUT2D eigenvalue weighted by molar-refractivity contribution is 6.17. The van der Waals surface area contributed by atoms with Crippen molar-refractivity contribution < 1.29 is 14.4 Å². The zero-order valence-corrected chi connectivity index (χ0v) is 16.8. The van der Waals surface area contributed by atoms with Crippen molar-refractivity contribution in [2.45, 2.75) is 46.0 Å². The van der Waals surface area contributed by atoms with Crippen LogP contribution in [0.2, 0.25) is 0 Å². The Bertz CT molecular complexity index is 937. The molecule has 1 aliphatic rings. The molecule has 2 aromatic carbocycles. The standard InChI is InChI=1S/C23H26N2O3/c1-15(26)16-8-7-9-17(14-16)24-20(27)23(12-13-23)21(28)25-19-11-6-5-10-18(19)22(2,3)4/h5-11,14H,12-13H2,1-4H3,(H,24,27)(H,25,28). The Balaban J connectivity index is 1.77. The molecule has 5 heteroatoms. The molecule has 0 aliphatic heterocycles. The Kier molecular flexibility index (Phi) is 5.11. The van der Waals surface area contributed by atoms with Crippen LogP contribution in [0.3, 0.4) is 0 Å². The van der Waals surface area contributed by atoms with Crippen molar-refractivity contribution in [1.82, 2.24) is 0 Å². The van der Waals surface area contributed by atoms with Gasteiger partial charge >= 0.3 is 0 Å². The minimum Gasteiger partial charge on any atom is -0.325 e. The van der Waals surface area contributed by atoms with E-state index in [4.69, 9.17) is 0 Å². The third-order valence-electron chi connectivity index (χ3n) is 5.13. The Labute approximate surface area is 165 Å². The highest BCUT2D eigenvalue weighted by atomic mass is 16.2. The van der Waals surface area contributed by atoms with Gasteiger partial charge in [0.15, 0.2) is 5.78 Å². The predicted molar refractivity (Wildman–Crippen MR) is 111 cm³/mol. The van der Waals surface area contributed by atoms with E-state index in [1.165, 1.54) is 6.92 Å². The van der Waals surface area contributed by atoms with Crippen LogP contribution in [-0.2, 0) is 15.0 Å². The highest BCUT2D eigenvalue weighted by Gasteiger charge is 2.56. The normalized spacial score (nSPS) is 14.9.